The van der Waals surface area contributed by atoms with Gasteiger partial charge in [0.25, 0.3) is 0 Å². The molecule has 110 valence electrons. The molecule has 0 N–H and O–H groups in total. The molecule has 0 amide bonds. The Morgan fingerprint density at radius 3 is 2.64 bits per heavy atom. The number of rotatable bonds is 3. The Balaban J connectivity index is 1.63. The Bertz CT molecular complexity index is 766. The van der Waals surface area contributed by atoms with Crippen molar-refractivity contribution in [2.75, 3.05) is 7.11 Å². The van der Waals surface area contributed by atoms with Gasteiger partial charge in [-0.05, 0) is 12.1 Å². The van der Waals surface area contributed by atoms with Gasteiger partial charge in [-0.2, -0.15) is 0 Å². The summed E-state index contributed by atoms with van der Waals surface area (Å²) >= 11 is 0. The van der Waals surface area contributed by atoms with Crippen LogP contribution in [0.4, 0.5) is 0 Å². The van der Waals surface area contributed by atoms with Crippen molar-refractivity contribution in [2.45, 2.75) is 6.10 Å². The highest BCUT2D eigenvalue weighted by Gasteiger charge is 2.63. The fourth-order valence-electron chi connectivity index (χ4n) is 3.11. The minimum absolute atomic E-state index is 0.0109. The van der Waals surface area contributed by atoms with E-state index in [9.17, 15) is 9.59 Å². The molecule has 1 fully saturated rings. The molecule has 4 nitrogen and oxygen atoms in total. The van der Waals surface area contributed by atoms with E-state index in [1.54, 1.807) is 37.4 Å². The third-order valence-electron chi connectivity index (χ3n) is 4.33. The second-order valence-corrected chi connectivity index (χ2v) is 5.59. The van der Waals surface area contributed by atoms with Crippen LogP contribution in [-0.4, -0.2) is 24.8 Å². The molecule has 2 aromatic carbocycles. The topological polar surface area (TPSA) is 52.6 Å². The van der Waals surface area contributed by atoms with Crippen LogP contribution in [0.5, 0.6) is 11.5 Å². The van der Waals surface area contributed by atoms with Crippen molar-refractivity contribution >= 4 is 11.6 Å². The highest BCUT2D eigenvalue weighted by molar-refractivity contribution is 6.11. The summed E-state index contributed by atoms with van der Waals surface area (Å²) < 4.78 is 11.0. The van der Waals surface area contributed by atoms with Gasteiger partial charge in [0.1, 0.15) is 17.6 Å². The molecule has 0 bridgehead atoms. The van der Waals surface area contributed by atoms with E-state index >= 15 is 0 Å². The maximum Gasteiger partial charge on any atom is 0.174 e. The Labute approximate surface area is 127 Å². The molecule has 4 rings (SSSR count). The van der Waals surface area contributed by atoms with Gasteiger partial charge in [0.05, 0.1) is 24.5 Å². The monoisotopic (exact) mass is 294 g/mol. The van der Waals surface area contributed by atoms with E-state index in [0.29, 0.717) is 22.6 Å². The lowest BCUT2D eigenvalue weighted by atomic mass is 10.0. The van der Waals surface area contributed by atoms with Gasteiger partial charge in [0.15, 0.2) is 11.6 Å². The first-order valence-corrected chi connectivity index (χ1v) is 7.19. The Morgan fingerprint density at radius 2 is 1.91 bits per heavy atom. The number of carbonyl (C=O) groups is 2. The number of ketones is 2. The second-order valence-electron chi connectivity index (χ2n) is 5.59. The third-order valence-corrected chi connectivity index (χ3v) is 4.33. The normalized spacial score (nSPS) is 24.8. The summed E-state index contributed by atoms with van der Waals surface area (Å²) in [5.41, 5.74) is 1.16. The largest absolute Gasteiger partial charge is 0.497 e. The zero-order valence-corrected chi connectivity index (χ0v) is 12.0. The van der Waals surface area contributed by atoms with Crippen molar-refractivity contribution in [1.82, 2.24) is 0 Å². The number of hydrogen-bond donors (Lipinski definition) is 0. The van der Waals surface area contributed by atoms with Crippen LogP contribution in [0.2, 0.25) is 0 Å². The van der Waals surface area contributed by atoms with Gasteiger partial charge in [0.2, 0.25) is 0 Å². The number of fused-ring (bicyclic) bond motifs is 2. The van der Waals surface area contributed by atoms with Crippen LogP contribution in [0.15, 0.2) is 48.5 Å². The zero-order chi connectivity index (χ0) is 15.3. The Hall–Kier alpha value is -2.62. The Kier molecular flexibility index (Phi) is 2.79. The van der Waals surface area contributed by atoms with Gasteiger partial charge in [-0.1, -0.05) is 30.3 Å². The quantitative estimate of drug-likeness (QED) is 0.817. The molecular weight excluding hydrogens is 280 g/mol. The summed E-state index contributed by atoms with van der Waals surface area (Å²) in [6.45, 7) is 0. The van der Waals surface area contributed by atoms with Crippen molar-refractivity contribution in [3.05, 3.63) is 59.7 Å². The smallest absolute Gasteiger partial charge is 0.174 e. The van der Waals surface area contributed by atoms with Crippen LogP contribution in [0.25, 0.3) is 0 Å². The summed E-state index contributed by atoms with van der Waals surface area (Å²) in [4.78, 5) is 25.1. The summed E-state index contributed by atoms with van der Waals surface area (Å²) in [6.07, 6.45) is -0.347. The zero-order valence-electron chi connectivity index (χ0n) is 12.0. The minimum Gasteiger partial charge on any atom is -0.497 e. The molecule has 2 aliphatic rings. The van der Waals surface area contributed by atoms with E-state index in [0.717, 1.165) is 0 Å². The Morgan fingerprint density at radius 1 is 1.14 bits per heavy atom. The fraction of sp³-hybridized carbons (Fsp3) is 0.222. The molecule has 1 aliphatic carbocycles. The SMILES string of the molecule is COc1ccc2c(c1)O[C@H]1[C@H](C(=O)c3ccccc3)[C@H]1C2=O. The summed E-state index contributed by atoms with van der Waals surface area (Å²) in [6, 6.07) is 14.2. The maximum atomic E-state index is 12.5. The number of benzene rings is 2. The van der Waals surface area contributed by atoms with Gasteiger partial charge >= 0.3 is 0 Å². The van der Waals surface area contributed by atoms with Crippen molar-refractivity contribution in [3.63, 3.8) is 0 Å². The number of ether oxygens (including phenoxy) is 2. The molecule has 1 aliphatic heterocycles. The number of methoxy groups -OCH3 is 1. The maximum absolute atomic E-state index is 12.5. The molecule has 0 unspecified atom stereocenters. The molecule has 0 aromatic heterocycles. The van der Waals surface area contributed by atoms with Crippen molar-refractivity contribution in [2.24, 2.45) is 11.8 Å². The molecule has 1 heterocycles. The predicted octanol–water partition coefficient (Wildman–Crippen LogP) is 2.77. The molecule has 0 spiro atoms. The average molecular weight is 294 g/mol. The van der Waals surface area contributed by atoms with Crippen molar-refractivity contribution in [1.29, 1.82) is 0 Å². The highest BCUT2D eigenvalue weighted by atomic mass is 16.5. The minimum atomic E-state index is -0.381. The number of Topliss-reactive ketones (excluding diaryl/α,β-unsaturated/α-hetero) is 2. The lowest BCUT2D eigenvalue weighted by molar-refractivity contribution is 0.0900. The standard InChI is InChI=1S/C18H14O4/c1-21-11-7-8-12-13(9-11)22-18-14(15(18)17(12)20)16(19)10-5-3-2-4-6-10/h2-9,14-15,18H,1H3/t14-,15-,18-/m0/s1. The third kappa shape index (κ3) is 1.84. The van der Waals surface area contributed by atoms with E-state index in [1.165, 1.54) is 0 Å². The molecular formula is C18H14O4. The lowest BCUT2D eigenvalue weighted by Crippen LogP contribution is -2.17. The van der Waals surface area contributed by atoms with Gasteiger partial charge < -0.3 is 9.47 Å². The van der Waals surface area contributed by atoms with Gasteiger partial charge in [0, 0.05) is 11.6 Å². The van der Waals surface area contributed by atoms with Gasteiger partial charge in [-0.3, -0.25) is 9.59 Å². The van der Waals surface area contributed by atoms with Gasteiger partial charge in [-0.25, -0.2) is 0 Å². The van der Waals surface area contributed by atoms with E-state index in [4.69, 9.17) is 9.47 Å². The molecule has 0 radical (unpaired) electrons. The average Bonchev–Trinajstić information content (AvgIpc) is 3.29. The van der Waals surface area contributed by atoms with E-state index < -0.39 is 0 Å². The second kappa shape index (κ2) is 4.70. The van der Waals surface area contributed by atoms with E-state index in [-0.39, 0.29) is 29.5 Å². The van der Waals surface area contributed by atoms with E-state index in [1.807, 2.05) is 18.2 Å². The number of carbonyl (C=O) groups excluding carboxylic acids is 2. The van der Waals surface area contributed by atoms with Crippen LogP contribution in [0.3, 0.4) is 0 Å². The van der Waals surface area contributed by atoms with Crippen LogP contribution in [-0.2, 0) is 0 Å². The first-order valence-electron chi connectivity index (χ1n) is 7.19. The number of hydrogen-bond acceptors (Lipinski definition) is 4. The van der Waals surface area contributed by atoms with Crippen LogP contribution < -0.4 is 9.47 Å². The summed E-state index contributed by atoms with van der Waals surface area (Å²) in [5.74, 6) is 0.374. The molecule has 2 aromatic rings. The molecule has 22 heavy (non-hydrogen) atoms. The first kappa shape index (κ1) is 13.1. The predicted molar refractivity (Wildman–Crippen MR) is 79.5 cm³/mol. The lowest BCUT2D eigenvalue weighted by Gasteiger charge is -2.15. The van der Waals surface area contributed by atoms with Gasteiger partial charge in [-0.15, -0.1) is 0 Å². The van der Waals surface area contributed by atoms with Crippen LogP contribution >= 0.6 is 0 Å². The molecule has 4 heteroatoms. The summed E-state index contributed by atoms with van der Waals surface area (Å²) in [7, 11) is 1.56. The summed E-state index contributed by atoms with van der Waals surface area (Å²) in [5, 5.41) is 0. The molecule has 3 atom stereocenters. The fourth-order valence-corrected chi connectivity index (χ4v) is 3.11. The molecule has 1 saturated carbocycles. The van der Waals surface area contributed by atoms with Crippen LogP contribution in [0.1, 0.15) is 20.7 Å². The van der Waals surface area contributed by atoms with Crippen molar-refractivity contribution in [3.8, 4) is 11.5 Å². The van der Waals surface area contributed by atoms with Crippen LogP contribution in [0, 0.1) is 11.8 Å². The van der Waals surface area contributed by atoms with Crippen molar-refractivity contribution < 1.29 is 19.1 Å². The highest BCUT2D eigenvalue weighted by Crippen LogP contribution is 2.51. The molecule has 0 saturated heterocycles. The first-order chi connectivity index (χ1) is 10.7. The van der Waals surface area contributed by atoms with E-state index in [2.05, 4.69) is 0 Å².